The Kier molecular flexibility index (Phi) is 3.09. The Morgan fingerprint density at radius 2 is 1.73 bits per heavy atom. The van der Waals surface area contributed by atoms with Crippen molar-refractivity contribution in [2.75, 3.05) is 6.26 Å². The molecule has 0 saturated heterocycles. The van der Waals surface area contributed by atoms with Crippen LogP contribution in [0.25, 0.3) is 0 Å². The number of non-ortho nitro benzene ring substituents is 1. The molecule has 1 rings (SSSR count). The van der Waals surface area contributed by atoms with Crippen LogP contribution < -0.4 is 0 Å². The lowest BCUT2D eigenvalue weighted by Crippen LogP contribution is -2.07. The lowest BCUT2D eigenvalue weighted by molar-refractivity contribution is -0.384. The maximum absolute atomic E-state index is 11.2. The van der Waals surface area contributed by atoms with E-state index in [4.69, 9.17) is 0 Å². The summed E-state index contributed by atoms with van der Waals surface area (Å²) < 4.78 is 22.4. The average molecular weight is 229 g/mol. The zero-order chi connectivity index (χ0) is 11.6. The molecule has 6 heteroatoms. The zero-order valence-corrected chi connectivity index (χ0v) is 9.19. The summed E-state index contributed by atoms with van der Waals surface area (Å²) in [5.74, 6) is 0. The number of hydrogen-bond acceptors (Lipinski definition) is 4. The van der Waals surface area contributed by atoms with Gasteiger partial charge in [-0.1, -0.05) is 12.1 Å². The summed E-state index contributed by atoms with van der Waals surface area (Å²) in [4.78, 5) is 9.85. The minimum Gasteiger partial charge on any atom is -0.258 e. The van der Waals surface area contributed by atoms with Crippen LogP contribution in [0.1, 0.15) is 17.7 Å². The van der Waals surface area contributed by atoms with Crippen molar-refractivity contribution in [3.05, 3.63) is 39.9 Å². The molecule has 0 saturated carbocycles. The van der Waals surface area contributed by atoms with Crippen LogP contribution in [0.4, 0.5) is 5.69 Å². The first-order chi connectivity index (χ1) is 6.82. The minimum atomic E-state index is -3.16. The van der Waals surface area contributed by atoms with Gasteiger partial charge in [0.05, 0.1) is 10.2 Å². The Labute approximate surface area is 87.8 Å². The van der Waals surface area contributed by atoms with Crippen LogP contribution in [0.15, 0.2) is 24.3 Å². The second-order valence-corrected chi connectivity index (χ2v) is 5.69. The number of rotatable bonds is 3. The highest BCUT2D eigenvalue weighted by molar-refractivity contribution is 7.90. The van der Waals surface area contributed by atoms with Crippen molar-refractivity contribution in [2.24, 2.45) is 0 Å². The molecule has 0 aliphatic rings. The molecule has 0 aliphatic carbocycles. The summed E-state index contributed by atoms with van der Waals surface area (Å²) in [6, 6.07) is 5.53. The molecule has 82 valence electrons. The van der Waals surface area contributed by atoms with E-state index in [1.165, 1.54) is 24.3 Å². The number of sulfone groups is 1. The second kappa shape index (κ2) is 3.98. The molecule has 0 aliphatic heterocycles. The van der Waals surface area contributed by atoms with Crippen LogP contribution in [0, 0.1) is 10.1 Å². The molecule has 0 radical (unpaired) electrons. The monoisotopic (exact) mass is 229 g/mol. The van der Waals surface area contributed by atoms with Crippen LogP contribution in [0.5, 0.6) is 0 Å². The van der Waals surface area contributed by atoms with Gasteiger partial charge < -0.3 is 0 Å². The molecule has 1 aromatic carbocycles. The summed E-state index contributed by atoms with van der Waals surface area (Å²) in [6.45, 7) is 1.55. The third-order valence-corrected chi connectivity index (χ3v) is 3.77. The number of hydrogen-bond donors (Lipinski definition) is 0. The first kappa shape index (κ1) is 11.6. The Bertz CT molecular complexity index is 463. The fourth-order valence-electron chi connectivity index (χ4n) is 1.11. The third kappa shape index (κ3) is 2.76. The van der Waals surface area contributed by atoms with Gasteiger partial charge in [-0.05, 0) is 12.5 Å². The van der Waals surface area contributed by atoms with Crippen LogP contribution in [0.3, 0.4) is 0 Å². The number of benzene rings is 1. The summed E-state index contributed by atoms with van der Waals surface area (Å²) in [5, 5.41) is 9.73. The van der Waals surface area contributed by atoms with Gasteiger partial charge in [-0.3, -0.25) is 10.1 Å². The van der Waals surface area contributed by atoms with Gasteiger partial charge in [0.15, 0.2) is 9.84 Å². The maximum atomic E-state index is 11.2. The minimum absolute atomic E-state index is 0.0422. The van der Waals surface area contributed by atoms with Crippen molar-refractivity contribution in [3.63, 3.8) is 0 Å². The quantitative estimate of drug-likeness (QED) is 0.583. The fourth-order valence-corrected chi connectivity index (χ4v) is 1.77. The topological polar surface area (TPSA) is 77.3 Å². The van der Waals surface area contributed by atoms with Gasteiger partial charge in [0.1, 0.15) is 0 Å². The van der Waals surface area contributed by atoms with E-state index in [2.05, 4.69) is 0 Å². The summed E-state index contributed by atoms with van der Waals surface area (Å²) in [5.41, 5.74) is 0.516. The van der Waals surface area contributed by atoms with E-state index >= 15 is 0 Å². The molecule has 0 aromatic heterocycles. The van der Waals surface area contributed by atoms with Crippen molar-refractivity contribution >= 4 is 15.5 Å². The van der Waals surface area contributed by atoms with Crippen LogP contribution in [0.2, 0.25) is 0 Å². The predicted octanol–water partition coefficient (Wildman–Crippen LogP) is 1.70. The maximum Gasteiger partial charge on any atom is 0.269 e. The smallest absolute Gasteiger partial charge is 0.258 e. The molecule has 1 atom stereocenters. The summed E-state index contributed by atoms with van der Waals surface area (Å²) >= 11 is 0. The lowest BCUT2D eigenvalue weighted by Gasteiger charge is -2.08. The molecule has 0 N–H and O–H groups in total. The Hall–Kier alpha value is -1.43. The van der Waals surface area contributed by atoms with Crippen molar-refractivity contribution in [2.45, 2.75) is 12.2 Å². The van der Waals surface area contributed by atoms with Crippen molar-refractivity contribution in [3.8, 4) is 0 Å². The van der Waals surface area contributed by atoms with Crippen LogP contribution in [-0.2, 0) is 9.84 Å². The largest absolute Gasteiger partial charge is 0.269 e. The third-order valence-electron chi connectivity index (χ3n) is 2.22. The van der Waals surface area contributed by atoms with Gasteiger partial charge in [-0.15, -0.1) is 0 Å². The van der Waals surface area contributed by atoms with E-state index in [1.807, 2.05) is 0 Å². The van der Waals surface area contributed by atoms with E-state index in [9.17, 15) is 18.5 Å². The predicted molar refractivity (Wildman–Crippen MR) is 56.4 cm³/mol. The number of nitrogens with zero attached hydrogens (tertiary/aromatic N) is 1. The Morgan fingerprint density at radius 1 is 1.27 bits per heavy atom. The fraction of sp³-hybridized carbons (Fsp3) is 0.333. The molecule has 0 bridgehead atoms. The zero-order valence-electron chi connectivity index (χ0n) is 8.38. The van der Waals surface area contributed by atoms with Crippen LogP contribution >= 0.6 is 0 Å². The summed E-state index contributed by atoms with van der Waals surface area (Å²) in [7, 11) is -3.16. The molecule has 0 spiro atoms. The molecule has 0 amide bonds. The molecule has 1 aromatic rings. The highest BCUT2D eigenvalue weighted by Gasteiger charge is 2.17. The second-order valence-electron chi connectivity index (χ2n) is 3.32. The van der Waals surface area contributed by atoms with E-state index in [1.54, 1.807) is 6.92 Å². The Balaban J connectivity index is 3.05. The first-order valence-corrected chi connectivity index (χ1v) is 6.21. The Morgan fingerprint density at radius 3 is 2.07 bits per heavy atom. The molecule has 1 unspecified atom stereocenters. The van der Waals surface area contributed by atoms with Gasteiger partial charge >= 0.3 is 0 Å². The molecular weight excluding hydrogens is 218 g/mol. The number of nitro groups is 1. The van der Waals surface area contributed by atoms with Crippen molar-refractivity contribution in [1.29, 1.82) is 0 Å². The van der Waals surface area contributed by atoms with E-state index in [-0.39, 0.29) is 5.69 Å². The van der Waals surface area contributed by atoms with Gasteiger partial charge in [0, 0.05) is 18.4 Å². The first-order valence-electron chi connectivity index (χ1n) is 4.25. The van der Waals surface area contributed by atoms with Crippen LogP contribution in [-0.4, -0.2) is 19.6 Å². The molecule has 0 heterocycles. The highest BCUT2D eigenvalue weighted by Crippen LogP contribution is 2.22. The average Bonchev–Trinajstić information content (AvgIpc) is 2.15. The standard InChI is InChI=1S/C9H11NO4S/c1-7(15(2,13)14)8-3-5-9(6-4-8)10(11)12/h3-7H,1-2H3. The molecule has 15 heavy (non-hydrogen) atoms. The van der Waals surface area contributed by atoms with Gasteiger partial charge in [0.25, 0.3) is 5.69 Å². The van der Waals surface area contributed by atoms with E-state index in [0.29, 0.717) is 5.56 Å². The highest BCUT2D eigenvalue weighted by atomic mass is 32.2. The SMILES string of the molecule is CC(c1ccc([N+](=O)[O-])cc1)S(C)(=O)=O. The normalized spacial score (nSPS) is 13.5. The molecule has 5 nitrogen and oxygen atoms in total. The van der Waals surface area contributed by atoms with Crippen molar-refractivity contribution in [1.82, 2.24) is 0 Å². The van der Waals surface area contributed by atoms with Crippen molar-refractivity contribution < 1.29 is 13.3 Å². The van der Waals surface area contributed by atoms with E-state index in [0.717, 1.165) is 6.26 Å². The lowest BCUT2D eigenvalue weighted by atomic mass is 10.1. The summed E-state index contributed by atoms with van der Waals surface area (Å²) in [6.07, 6.45) is 1.14. The molecule has 0 fully saturated rings. The van der Waals surface area contributed by atoms with Gasteiger partial charge in [0.2, 0.25) is 0 Å². The molecular formula is C9H11NO4S. The van der Waals surface area contributed by atoms with Gasteiger partial charge in [-0.25, -0.2) is 8.42 Å². The van der Waals surface area contributed by atoms with Gasteiger partial charge in [-0.2, -0.15) is 0 Å². The number of nitro benzene ring substituents is 1. The van der Waals surface area contributed by atoms with E-state index < -0.39 is 20.0 Å².